The zero-order valence-corrected chi connectivity index (χ0v) is 10.8. The number of para-hydroxylation sites is 1. The average Bonchev–Trinajstić information content (AvgIpc) is 2.37. The van der Waals surface area contributed by atoms with E-state index in [9.17, 15) is 0 Å². The third-order valence-electron chi connectivity index (χ3n) is 3.05. The number of nitrogens with zero attached hydrogens (tertiary/aromatic N) is 2. The van der Waals surface area contributed by atoms with E-state index >= 15 is 0 Å². The molecule has 0 spiro atoms. The molecule has 0 aliphatic rings. The van der Waals surface area contributed by atoms with E-state index in [0.717, 1.165) is 10.9 Å². The van der Waals surface area contributed by atoms with Crippen LogP contribution in [0.15, 0.2) is 30.3 Å². The largest absolute Gasteiger partial charge is 0.473 e. The predicted octanol–water partition coefficient (Wildman–Crippen LogP) is 3.53. The maximum absolute atomic E-state index is 9.16. The van der Waals surface area contributed by atoms with Crippen molar-refractivity contribution >= 4 is 10.9 Å². The molecule has 0 saturated heterocycles. The minimum atomic E-state index is 0.0331. The van der Waals surface area contributed by atoms with Gasteiger partial charge in [0.25, 0.3) is 0 Å². The normalized spacial score (nSPS) is 12.4. The summed E-state index contributed by atoms with van der Waals surface area (Å²) in [5, 5.41) is 10.1. The highest BCUT2D eigenvalue weighted by Gasteiger charge is 2.14. The average molecular weight is 240 g/mol. The van der Waals surface area contributed by atoms with Gasteiger partial charge in [-0.1, -0.05) is 32.0 Å². The molecule has 0 saturated carbocycles. The highest BCUT2D eigenvalue weighted by atomic mass is 16.5. The molecule has 2 aromatic rings. The summed E-state index contributed by atoms with van der Waals surface area (Å²) < 4.78 is 5.77. The van der Waals surface area contributed by atoms with Crippen LogP contribution in [0.4, 0.5) is 0 Å². The van der Waals surface area contributed by atoms with Gasteiger partial charge in [0.2, 0.25) is 5.88 Å². The minimum absolute atomic E-state index is 0.0331. The summed E-state index contributed by atoms with van der Waals surface area (Å²) in [6, 6.07) is 11.7. The van der Waals surface area contributed by atoms with Gasteiger partial charge in [-0.3, -0.25) is 0 Å². The van der Waals surface area contributed by atoms with Gasteiger partial charge in [-0.05, 0) is 25.0 Å². The highest BCUT2D eigenvalue weighted by molar-refractivity contribution is 5.80. The van der Waals surface area contributed by atoms with Crippen molar-refractivity contribution in [3.8, 4) is 11.9 Å². The maximum atomic E-state index is 9.16. The number of hydrogen-bond donors (Lipinski definition) is 0. The van der Waals surface area contributed by atoms with E-state index in [-0.39, 0.29) is 6.10 Å². The zero-order chi connectivity index (χ0) is 13.1. The van der Waals surface area contributed by atoms with Crippen molar-refractivity contribution in [2.45, 2.75) is 26.9 Å². The van der Waals surface area contributed by atoms with Gasteiger partial charge in [0.1, 0.15) is 11.6 Å². The summed E-state index contributed by atoms with van der Waals surface area (Å²) >= 11 is 0. The van der Waals surface area contributed by atoms with Gasteiger partial charge in [0.15, 0.2) is 0 Å². The molecule has 3 heteroatoms. The third-order valence-corrected chi connectivity index (χ3v) is 3.05. The predicted molar refractivity (Wildman–Crippen MR) is 71.4 cm³/mol. The molecule has 0 bridgehead atoms. The van der Waals surface area contributed by atoms with Gasteiger partial charge < -0.3 is 4.74 Å². The number of ether oxygens (including phenoxy) is 1. The fourth-order valence-corrected chi connectivity index (χ4v) is 1.58. The second-order valence-corrected chi connectivity index (χ2v) is 4.71. The van der Waals surface area contributed by atoms with Crippen LogP contribution in [0.1, 0.15) is 26.3 Å². The molecule has 1 atom stereocenters. The molecule has 0 aliphatic heterocycles. The number of fused-ring (bicyclic) bond motifs is 1. The van der Waals surface area contributed by atoms with Crippen molar-refractivity contribution in [1.82, 2.24) is 4.98 Å². The smallest absolute Gasteiger partial charge is 0.232 e. The lowest BCUT2D eigenvalue weighted by Crippen LogP contribution is -2.19. The molecule has 0 radical (unpaired) electrons. The Bertz CT molecular complexity index is 599. The van der Waals surface area contributed by atoms with E-state index in [0.29, 0.717) is 17.4 Å². The van der Waals surface area contributed by atoms with Crippen LogP contribution in [0.5, 0.6) is 5.88 Å². The van der Waals surface area contributed by atoms with Gasteiger partial charge >= 0.3 is 0 Å². The first-order valence-electron chi connectivity index (χ1n) is 6.08. The Balaban J connectivity index is 2.46. The molecular weight excluding hydrogens is 224 g/mol. The standard InChI is InChI=1S/C15H16N2O/c1-10(2)11(3)18-15-13(9-16)8-12-6-4-5-7-14(12)17-15/h4-8,10-11H,1-3H3. The van der Waals surface area contributed by atoms with Crippen LogP contribution in [0, 0.1) is 17.2 Å². The lowest BCUT2D eigenvalue weighted by molar-refractivity contribution is 0.163. The Morgan fingerprint density at radius 2 is 1.94 bits per heavy atom. The Hall–Kier alpha value is -2.08. The van der Waals surface area contributed by atoms with Crippen LogP contribution in [0.3, 0.4) is 0 Å². The summed E-state index contributed by atoms with van der Waals surface area (Å²) in [6.07, 6.45) is 0.0331. The third kappa shape index (κ3) is 2.43. The summed E-state index contributed by atoms with van der Waals surface area (Å²) in [6.45, 7) is 6.15. The second kappa shape index (κ2) is 5.05. The van der Waals surface area contributed by atoms with E-state index in [1.54, 1.807) is 0 Å². The molecule has 2 rings (SSSR count). The molecule has 92 valence electrons. The second-order valence-electron chi connectivity index (χ2n) is 4.71. The molecule has 1 aromatic carbocycles. The fourth-order valence-electron chi connectivity index (χ4n) is 1.58. The van der Waals surface area contributed by atoms with Crippen LogP contribution >= 0.6 is 0 Å². The monoisotopic (exact) mass is 240 g/mol. The molecule has 1 heterocycles. The molecule has 1 unspecified atom stereocenters. The number of rotatable bonds is 3. The lowest BCUT2D eigenvalue weighted by atomic mass is 10.1. The molecule has 18 heavy (non-hydrogen) atoms. The van der Waals surface area contributed by atoms with E-state index in [1.165, 1.54) is 0 Å². The lowest BCUT2D eigenvalue weighted by Gasteiger charge is -2.18. The first kappa shape index (κ1) is 12.4. The van der Waals surface area contributed by atoms with Crippen molar-refractivity contribution < 1.29 is 4.74 Å². The molecule has 0 fully saturated rings. The SMILES string of the molecule is CC(C)C(C)Oc1nc2ccccc2cc1C#N. The maximum Gasteiger partial charge on any atom is 0.232 e. The van der Waals surface area contributed by atoms with Crippen molar-refractivity contribution in [3.63, 3.8) is 0 Å². The Morgan fingerprint density at radius 1 is 1.22 bits per heavy atom. The number of aromatic nitrogens is 1. The van der Waals surface area contributed by atoms with Gasteiger partial charge in [0, 0.05) is 5.39 Å². The Labute approximate surface area is 107 Å². The first-order chi connectivity index (χ1) is 8.61. The van der Waals surface area contributed by atoms with Crippen molar-refractivity contribution in [2.75, 3.05) is 0 Å². The van der Waals surface area contributed by atoms with Crippen LogP contribution in [0.2, 0.25) is 0 Å². The fraction of sp³-hybridized carbons (Fsp3) is 0.333. The Morgan fingerprint density at radius 3 is 2.61 bits per heavy atom. The molecule has 1 aromatic heterocycles. The molecular formula is C15H16N2O. The molecule has 3 nitrogen and oxygen atoms in total. The van der Waals surface area contributed by atoms with Crippen LogP contribution in [-0.4, -0.2) is 11.1 Å². The highest BCUT2D eigenvalue weighted by Crippen LogP contribution is 2.23. The molecule has 0 amide bonds. The van der Waals surface area contributed by atoms with Crippen molar-refractivity contribution in [3.05, 3.63) is 35.9 Å². The molecule has 0 aliphatic carbocycles. The minimum Gasteiger partial charge on any atom is -0.473 e. The summed E-state index contributed by atoms with van der Waals surface area (Å²) in [5.74, 6) is 0.808. The van der Waals surface area contributed by atoms with E-state index < -0.39 is 0 Å². The van der Waals surface area contributed by atoms with Crippen LogP contribution in [0.25, 0.3) is 10.9 Å². The topological polar surface area (TPSA) is 45.9 Å². The summed E-state index contributed by atoms with van der Waals surface area (Å²) in [4.78, 5) is 4.42. The Kier molecular flexibility index (Phi) is 3.47. The van der Waals surface area contributed by atoms with Crippen LogP contribution in [-0.2, 0) is 0 Å². The number of hydrogen-bond acceptors (Lipinski definition) is 3. The van der Waals surface area contributed by atoms with Gasteiger partial charge in [-0.15, -0.1) is 0 Å². The van der Waals surface area contributed by atoms with Gasteiger partial charge in [-0.25, -0.2) is 4.98 Å². The van der Waals surface area contributed by atoms with Crippen LogP contribution < -0.4 is 4.74 Å². The summed E-state index contributed by atoms with van der Waals surface area (Å²) in [5.41, 5.74) is 1.34. The zero-order valence-electron chi connectivity index (χ0n) is 10.8. The van der Waals surface area contributed by atoms with E-state index in [2.05, 4.69) is 24.9 Å². The number of benzene rings is 1. The van der Waals surface area contributed by atoms with E-state index in [4.69, 9.17) is 10.00 Å². The van der Waals surface area contributed by atoms with Gasteiger partial charge in [-0.2, -0.15) is 5.26 Å². The quantitative estimate of drug-likeness (QED) is 0.824. The van der Waals surface area contributed by atoms with Crippen molar-refractivity contribution in [1.29, 1.82) is 5.26 Å². The number of pyridine rings is 1. The number of nitriles is 1. The van der Waals surface area contributed by atoms with Crippen molar-refractivity contribution in [2.24, 2.45) is 5.92 Å². The summed E-state index contributed by atoms with van der Waals surface area (Å²) in [7, 11) is 0. The van der Waals surface area contributed by atoms with E-state index in [1.807, 2.05) is 37.3 Å². The molecule has 0 N–H and O–H groups in total. The van der Waals surface area contributed by atoms with Gasteiger partial charge in [0.05, 0.1) is 11.6 Å². The first-order valence-corrected chi connectivity index (χ1v) is 6.08.